The first-order chi connectivity index (χ1) is 12.6. The van der Waals surface area contributed by atoms with Crippen LogP contribution in [0.15, 0.2) is 22.6 Å². The van der Waals surface area contributed by atoms with E-state index in [-0.39, 0.29) is 19.8 Å². The molecular weight excluding hydrogens is 344 g/mol. The number of hydrogen-bond acceptors (Lipinski definition) is 4. The number of furan rings is 1. The maximum absolute atomic E-state index is 12.6. The van der Waals surface area contributed by atoms with E-state index in [4.69, 9.17) is 13.9 Å². The number of alkyl halides is 2. The van der Waals surface area contributed by atoms with Gasteiger partial charge in [0, 0.05) is 31.0 Å². The Morgan fingerprint density at radius 3 is 2.88 bits per heavy atom. The Balaban J connectivity index is 1.67. The molecule has 1 aliphatic carbocycles. The lowest BCUT2D eigenvalue weighted by atomic mass is 9.96. The Bertz CT molecular complexity index is 759. The zero-order valence-electron chi connectivity index (χ0n) is 14.8. The third-order valence-corrected chi connectivity index (χ3v) is 4.57. The third-order valence-electron chi connectivity index (χ3n) is 4.57. The van der Waals surface area contributed by atoms with Gasteiger partial charge in [-0.3, -0.25) is 4.79 Å². The van der Waals surface area contributed by atoms with Gasteiger partial charge in [0.25, 0.3) is 12.3 Å². The van der Waals surface area contributed by atoms with E-state index in [0.717, 1.165) is 47.3 Å². The average molecular weight is 367 g/mol. The Hall–Kier alpha value is -2.15. The Morgan fingerprint density at radius 2 is 2.12 bits per heavy atom. The summed E-state index contributed by atoms with van der Waals surface area (Å²) in [5.74, 6) is 1.07. The highest BCUT2D eigenvalue weighted by Crippen LogP contribution is 2.33. The predicted octanol–water partition coefficient (Wildman–Crippen LogP) is 3.43. The summed E-state index contributed by atoms with van der Waals surface area (Å²) in [7, 11) is 1.46. The van der Waals surface area contributed by atoms with Crippen LogP contribution in [0, 0.1) is 0 Å². The minimum Gasteiger partial charge on any atom is -0.484 e. The van der Waals surface area contributed by atoms with Crippen molar-refractivity contribution < 1.29 is 27.5 Å². The number of fused-ring (bicyclic) bond motifs is 3. The van der Waals surface area contributed by atoms with Crippen LogP contribution < -0.4 is 4.74 Å². The molecule has 0 radical (unpaired) electrons. The van der Waals surface area contributed by atoms with Crippen LogP contribution in [0.4, 0.5) is 8.78 Å². The second kappa shape index (κ2) is 8.49. The number of aryl methyl sites for hydroxylation is 2. The number of carbonyl (C=O) groups is 1. The van der Waals surface area contributed by atoms with Gasteiger partial charge in [-0.2, -0.15) is 0 Å². The van der Waals surface area contributed by atoms with Crippen molar-refractivity contribution >= 4 is 16.9 Å². The number of hydrogen-bond donors (Lipinski definition) is 0. The molecule has 3 rings (SSSR count). The summed E-state index contributed by atoms with van der Waals surface area (Å²) in [5, 5.41) is 1.01. The van der Waals surface area contributed by atoms with Crippen LogP contribution in [0.3, 0.4) is 0 Å². The first kappa shape index (κ1) is 18.6. The molecule has 0 saturated heterocycles. The summed E-state index contributed by atoms with van der Waals surface area (Å²) in [6, 6.07) is 5.43. The van der Waals surface area contributed by atoms with Crippen LogP contribution in [-0.2, 0) is 22.4 Å². The molecule has 1 heterocycles. The van der Waals surface area contributed by atoms with E-state index in [0.29, 0.717) is 5.75 Å². The van der Waals surface area contributed by atoms with E-state index in [2.05, 4.69) is 0 Å². The summed E-state index contributed by atoms with van der Waals surface area (Å²) in [6.07, 6.45) is 1.59. The molecule has 0 N–H and O–H groups in total. The second-order valence-corrected chi connectivity index (χ2v) is 6.38. The summed E-state index contributed by atoms with van der Waals surface area (Å²) < 4.78 is 41.6. The van der Waals surface area contributed by atoms with Gasteiger partial charge >= 0.3 is 0 Å². The molecule has 142 valence electrons. The second-order valence-electron chi connectivity index (χ2n) is 6.38. The molecule has 1 aromatic heterocycles. The maximum atomic E-state index is 12.6. The lowest BCUT2D eigenvalue weighted by molar-refractivity contribution is -0.136. The SMILES string of the molecule is COCCN(CC(F)F)C(=O)COc1ccc2oc3c(c2c1)CCCC3. The van der Waals surface area contributed by atoms with Crippen LogP contribution in [0.2, 0.25) is 0 Å². The van der Waals surface area contributed by atoms with E-state index in [1.165, 1.54) is 12.7 Å². The highest BCUT2D eigenvalue weighted by Gasteiger charge is 2.20. The molecule has 26 heavy (non-hydrogen) atoms. The molecule has 1 aromatic carbocycles. The number of rotatable bonds is 8. The van der Waals surface area contributed by atoms with Crippen molar-refractivity contribution in [1.82, 2.24) is 4.90 Å². The Morgan fingerprint density at radius 1 is 1.31 bits per heavy atom. The van der Waals surface area contributed by atoms with Gasteiger partial charge in [-0.15, -0.1) is 0 Å². The molecule has 0 atom stereocenters. The van der Waals surface area contributed by atoms with Gasteiger partial charge < -0.3 is 18.8 Å². The van der Waals surface area contributed by atoms with Gasteiger partial charge in [0.15, 0.2) is 6.61 Å². The van der Waals surface area contributed by atoms with E-state index in [1.807, 2.05) is 12.1 Å². The Kier molecular flexibility index (Phi) is 6.08. The number of carbonyl (C=O) groups excluding carboxylic acids is 1. The number of ether oxygens (including phenoxy) is 2. The van der Waals surface area contributed by atoms with Gasteiger partial charge in [0.1, 0.15) is 17.1 Å². The molecule has 5 nitrogen and oxygen atoms in total. The summed E-state index contributed by atoms with van der Waals surface area (Å²) in [5.41, 5.74) is 2.03. The zero-order chi connectivity index (χ0) is 18.5. The molecule has 7 heteroatoms. The molecule has 0 fully saturated rings. The minimum absolute atomic E-state index is 0.108. The average Bonchev–Trinajstić information content (AvgIpc) is 3.01. The molecule has 0 spiro atoms. The number of halogens is 2. The lowest BCUT2D eigenvalue weighted by Gasteiger charge is -2.22. The van der Waals surface area contributed by atoms with Crippen molar-refractivity contribution in [2.75, 3.05) is 33.4 Å². The van der Waals surface area contributed by atoms with Crippen LogP contribution in [-0.4, -0.2) is 50.6 Å². The van der Waals surface area contributed by atoms with E-state index in [9.17, 15) is 13.6 Å². The fourth-order valence-electron chi connectivity index (χ4n) is 3.25. The molecule has 1 aliphatic rings. The predicted molar refractivity (Wildman–Crippen MR) is 92.8 cm³/mol. The van der Waals surface area contributed by atoms with Crippen molar-refractivity contribution in [1.29, 1.82) is 0 Å². The zero-order valence-corrected chi connectivity index (χ0v) is 14.8. The topological polar surface area (TPSA) is 51.9 Å². The molecule has 0 aliphatic heterocycles. The van der Waals surface area contributed by atoms with Crippen molar-refractivity contribution in [3.8, 4) is 5.75 Å². The van der Waals surface area contributed by atoms with Crippen molar-refractivity contribution in [3.63, 3.8) is 0 Å². The van der Waals surface area contributed by atoms with Crippen molar-refractivity contribution in [3.05, 3.63) is 29.5 Å². The largest absolute Gasteiger partial charge is 0.484 e. The standard InChI is InChI=1S/C19H23F2NO4/c1-24-9-8-22(11-18(20)21)19(23)12-25-13-6-7-17-15(10-13)14-4-2-3-5-16(14)26-17/h6-7,10,18H,2-5,8-9,11-12H2,1H3. The molecule has 2 aromatic rings. The molecule has 0 saturated carbocycles. The minimum atomic E-state index is -2.59. The molecule has 1 amide bonds. The first-order valence-corrected chi connectivity index (χ1v) is 8.80. The third kappa shape index (κ3) is 4.33. The van der Waals surface area contributed by atoms with Gasteiger partial charge in [0.05, 0.1) is 13.2 Å². The number of methoxy groups -OCH3 is 1. The van der Waals surface area contributed by atoms with E-state index >= 15 is 0 Å². The van der Waals surface area contributed by atoms with Gasteiger partial charge in [-0.1, -0.05) is 0 Å². The highest BCUT2D eigenvalue weighted by molar-refractivity contribution is 5.84. The van der Waals surface area contributed by atoms with Crippen LogP contribution in [0.1, 0.15) is 24.2 Å². The van der Waals surface area contributed by atoms with Gasteiger partial charge in [-0.05, 0) is 37.5 Å². The van der Waals surface area contributed by atoms with Crippen molar-refractivity contribution in [2.24, 2.45) is 0 Å². The maximum Gasteiger partial charge on any atom is 0.260 e. The van der Waals surface area contributed by atoms with Crippen LogP contribution in [0.25, 0.3) is 11.0 Å². The normalized spacial score (nSPS) is 13.8. The number of amides is 1. The lowest BCUT2D eigenvalue weighted by Crippen LogP contribution is -2.40. The monoisotopic (exact) mass is 367 g/mol. The highest BCUT2D eigenvalue weighted by atomic mass is 19.3. The Labute approximate surface area is 150 Å². The summed E-state index contributed by atoms with van der Waals surface area (Å²) >= 11 is 0. The quantitative estimate of drug-likeness (QED) is 0.717. The van der Waals surface area contributed by atoms with Gasteiger partial charge in [0.2, 0.25) is 0 Å². The number of nitrogens with zero attached hydrogens (tertiary/aromatic N) is 1. The fraction of sp³-hybridized carbons (Fsp3) is 0.526. The van der Waals surface area contributed by atoms with E-state index < -0.39 is 18.9 Å². The van der Waals surface area contributed by atoms with E-state index in [1.54, 1.807) is 6.07 Å². The fourth-order valence-corrected chi connectivity index (χ4v) is 3.25. The molecule has 0 unspecified atom stereocenters. The smallest absolute Gasteiger partial charge is 0.260 e. The van der Waals surface area contributed by atoms with Crippen molar-refractivity contribution in [2.45, 2.75) is 32.1 Å². The summed E-state index contributed by atoms with van der Waals surface area (Å²) in [6.45, 7) is -0.606. The van der Waals surface area contributed by atoms with Crippen LogP contribution >= 0.6 is 0 Å². The van der Waals surface area contributed by atoms with Gasteiger partial charge in [-0.25, -0.2) is 8.78 Å². The molecule has 0 bridgehead atoms. The number of benzene rings is 1. The molecular formula is C19H23F2NO4. The summed E-state index contributed by atoms with van der Waals surface area (Å²) in [4.78, 5) is 13.3. The first-order valence-electron chi connectivity index (χ1n) is 8.80. The van der Waals surface area contributed by atoms with Crippen LogP contribution in [0.5, 0.6) is 5.75 Å².